The van der Waals surface area contributed by atoms with Crippen molar-refractivity contribution in [3.05, 3.63) is 107 Å². The predicted molar refractivity (Wildman–Crippen MR) is 153 cm³/mol. The van der Waals surface area contributed by atoms with E-state index >= 15 is 0 Å². The van der Waals surface area contributed by atoms with E-state index < -0.39 is 23.7 Å². The van der Waals surface area contributed by atoms with Gasteiger partial charge >= 0.3 is 12.1 Å². The maximum Gasteiger partial charge on any atom is 0.323 e. The second-order valence-corrected chi connectivity index (χ2v) is 10.6. The number of anilines is 4. The average molecular weight is 591 g/mol. The third kappa shape index (κ3) is 7.55. The van der Waals surface area contributed by atoms with Gasteiger partial charge in [0.05, 0.1) is 21.4 Å². The SMILES string of the molecule is O=C(Nc1ccc(F)c(Cl)c1)Nc1ccccc1SSc1ccccc1NC(=O)Nc1ccc(F)c(Cl)c1. The molecule has 4 amide bonds. The third-order valence-corrected chi connectivity index (χ3v) is 7.91. The lowest BCUT2D eigenvalue weighted by atomic mass is 10.3. The van der Waals surface area contributed by atoms with E-state index in [0.717, 1.165) is 9.79 Å². The highest BCUT2D eigenvalue weighted by Gasteiger charge is 2.12. The van der Waals surface area contributed by atoms with E-state index in [2.05, 4.69) is 21.3 Å². The summed E-state index contributed by atoms with van der Waals surface area (Å²) in [5.74, 6) is -1.16. The molecule has 0 fully saturated rings. The first-order chi connectivity index (χ1) is 18.3. The number of halogens is 4. The number of nitrogens with one attached hydrogen (secondary N) is 4. The van der Waals surface area contributed by atoms with Gasteiger partial charge in [-0.3, -0.25) is 0 Å². The van der Waals surface area contributed by atoms with Crippen LogP contribution in [0.15, 0.2) is 94.7 Å². The van der Waals surface area contributed by atoms with E-state index in [4.69, 9.17) is 23.2 Å². The monoisotopic (exact) mass is 590 g/mol. The minimum atomic E-state index is -0.580. The Morgan fingerprint density at radius 1 is 0.579 bits per heavy atom. The molecule has 4 rings (SSSR count). The number of carbonyl (C=O) groups excluding carboxylic acids is 2. The van der Waals surface area contributed by atoms with Crippen molar-refractivity contribution in [2.24, 2.45) is 0 Å². The predicted octanol–water partition coefficient (Wildman–Crippen LogP) is 9.36. The molecule has 0 aliphatic heterocycles. The minimum Gasteiger partial charge on any atom is -0.308 e. The van der Waals surface area contributed by atoms with Crippen LogP contribution < -0.4 is 21.3 Å². The fourth-order valence-corrected chi connectivity index (χ4v) is 5.73. The van der Waals surface area contributed by atoms with E-state index in [9.17, 15) is 18.4 Å². The molecule has 0 heterocycles. The Balaban J connectivity index is 1.39. The van der Waals surface area contributed by atoms with Gasteiger partial charge in [-0.2, -0.15) is 0 Å². The summed E-state index contributed by atoms with van der Waals surface area (Å²) in [7, 11) is 2.75. The third-order valence-electron chi connectivity index (χ3n) is 4.85. The van der Waals surface area contributed by atoms with E-state index in [1.54, 1.807) is 24.3 Å². The molecular formula is C26H18Cl2F2N4O2S2. The summed E-state index contributed by atoms with van der Waals surface area (Å²) in [6.45, 7) is 0. The van der Waals surface area contributed by atoms with E-state index in [-0.39, 0.29) is 10.0 Å². The van der Waals surface area contributed by atoms with Gasteiger partial charge in [-0.15, -0.1) is 0 Å². The van der Waals surface area contributed by atoms with Crippen LogP contribution in [0, 0.1) is 11.6 Å². The lowest BCUT2D eigenvalue weighted by Crippen LogP contribution is -2.20. The smallest absolute Gasteiger partial charge is 0.308 e. The zero-order valence-electron chi connectivity index (χ0n) is 19.2. The fraction of sp³-hybridized carbons (Fsp3) is 0. The summed E-state index contributed by atoms with van der Waals surface area (Å²) in [4.78, 5) is 26.5. The van der Waals surface area contributed by atoms with Crippen molar-refractivity contribution in [2.45, 2.75) is 9.79 Å². The average Bonchev–Trinajstić information content (AvgIpc) is 2.88. The maximum atomic E-state index is 13.4. The highest BCUT2D eigenvalue weighted by Crippen LogP contribution is 2.43. The molecule has 194 valence electrons. The molecule has 4 aromatic carbocycles. The number of benzene rings is 4. The Bertz CT molecular complexity index is 1380. The van der Waals surface area contributed by atoms with Gasteiger partial charge in [-0.25, -0.2) is 18.4 Å². The van der Waals surface area contributed by atoms with Crippen molar-refractivity contribution in [3.63, 3.8) is 0 Å². The molecule has 0 aliphatic rings. The Hall–Kier alpha value is -3.44. The number of carbonyl (C=O) groups is 2. The quantitative estimate of drug-likeness (QED) is 0.162. The molecule has 12 heteroatoms. The number of amides is 4. The van der Waals surface area contributed by atoms with Crippen LogP contribution >= 0.6 is 44.8 Å². The topological polar surface area (TPSA) is 82.3 Å². The van der Waals surface area contributed by atoms with Crippen molar-refractivity contribution < 1.29 is 18.4 Å². The van der Waals surface area contributed by atoms with Crippen LogP contribution in [0.25, 0.3) is 0 Å². The lowest BCUT2D eigenvalue weighted by Gasteiger charge is -2.14. The molecule has 0 radical (unpaired) electrons. The van der Waals surface area contributed by atoms with Crippen molar-refractivity contribution in [1.82, 2.24) is 0 Å². The highest BCUT2D eigenvalue weighted by atomic mass is 35.5. The molecule has 4 N–H and O–H groups in total. The first-order valence-corrected chi connectivity index (χ1v) is 13.8. The van der Waals surface area contributed by atoms with Gasteiger partial charge in [0.15, 0.2) is 0 Å². The van der Waals surface area contributed by atoms with Crippen molar-refractivity contribution >= 4 is 79.6 Å². The van der Waals surface area contributed by atoms with Gasteiger partial charge in [0, 0.05) is 21.2 Å². The van der Waals surface area contributed by atoms with Gasteiger partial charge in [0.2, 0.25) is 0 Å². The summed E-state index contributed by atoms with van der Waals surface area (Å²) < 4.78 is 26.8. The molecular weight excluding hydrogens is 573 g/mol. The molecule has 6 nitrogen and oxygen atoms in total. The minimum absolute atomic E-state index is 0.0995. The van der Waals surface area contributed by atoms with Gasteiger partial charge in [0.1, 0.15) is 11.6 Å². The summed E-state index contributed by atoms with van der Waals surface area (Å²) in [5.41, 5.74) is 1.78. The molecule has 0 saturated heterocycles. The van der Waals surface area contributed by atoms with Crippen LogP contribution in [-0.2, 0) is 0 Å². The van der Waals surface area contributed by atoms with Crippen molar-refractivity contribution in [1.29, 1.82) is 0 Å². The van der Waals surface area contributed by atoms with Crippen LogP contribution in [0.5, 0.6) is 0 Å². The zero-order valence-corrected chi connectivity index (χ0v) is 22.4. The summed E-state index contributed by atoms with van der Waals surface area (Å²) in [6, 6.07) is 21.1. The molecule has 38 heavy (non-hydrogen) atoms. The number of hydrogen-bond acceptors (Lipinski definition) is 4. The number of para-hydroxylation sites is 2. The summed E-state index contributed by atoms with van der Waals surface area (Å²) in [5, 5.41) is 10.6. The Kier molecular flexibility index (Phi) is 9.35. The molecule has 0 bridgehead atoms. The number of rotatable bonds is 7. The normalized spacial score (nSPS) is 10.5. The molecule has 4 aromatic rings. The van der Waals surface area contributed by atoms with Gasteiger partial charge in [-0.1, -0.05) is 69.1 Å². The Labute approximate surface area is 234 Å². The first-order valence-electron chi connectivity index (χ1n) is 10.9. The van der Waals surface area contributed by atoms with Gasteiger partial charge < -0.3 is 21.3 Å². The molecule has 0 unspecified atom stereocenters. The molecule has 0 spiro atoms. The van der Waals surface area contributed by atoms with Crippen LogP contribution in [0.4, 0.5) is 41.1 Å². The van der Waals surface area contributed by atoms with Crippen LogP contribution in [0.3, 0.4) is 0 Å². The highest BCUT2D eigenvalue weighted by molar-refractivity contribution is 8.76. The fourth-order valence-electron chi connectivity index (χ4n) is 3.09. The number of urea groups is 2. The van der Waals surface area contributed by atoms with Crippen LogP contribution in [0.2, 0.25) is 10.0 Å². The molecule has 0 atom stereocenters. The molecule has 0 saturated carbocycles. The number of hydrogen-bond donors (Lipinski definition) is 4. The van der Waals surface area contributed by atoms with Crippen molar-refractivity contribution in [3.8, 4) is 0 Å². The summed E-state index contributed by atoms with van der Waals surface area (Å²) in [6.07, 6.45) is 0. The molecule has 0 aromatic heterocycles. The van der Waals surface area contributed by atoms with Crippen LogP contribution in [0.1, 0.15) is 0 Å². The van der Waals surface area contributed by atoms with Gasteiger partial charge in [0.25, 0.3) is 0 Å². The van der Waals surface area contributed by atoms with E-state index in [0.29, 0.717) is 22.7 Å². The molecule has 0 aliphatic carbocycles. The van der Waals surface area contributed by atoms with Crippen LogP contribution in [-0.4, -0.2) is 12.1 Å². The Morgan fingerprint density at radius 3 is 1.37 bits per heavy atom. The second kappa shape index (κ2) is 12.9. The van der Waals surface area contributed by atoms with Crippen molar-refractivity contribution in [2.75, 3.05) is 21.3 Å². The van der Waals surface area contributed by atoms with E-state index in [1.807, 2.05) is 24.3 Å². The Morgan fingerprint density at radius 2 is 0.974 bits per heavy atom. The summed E-state index contributed by atoms with van der Waals surface area (Å²) >= 11 is 11.6. The lowest BCUT2D eigenvalue weighted by molar-refractivity contribution is 0.261. The van der Waals surface area contributed by atoms with E-state index in [1.165, 1.54) is 58.0 Å². The largest absolute Gasteiger partial charge is 0.323 e. The standard InChI is InChI=1S/C26H18Cl2F2N4O2S2/c27-17-13-15(9-11-19(17)29)31-25(35)33-21-5-1-3-7-23(21)37-38-24-8-4-2-6-22(24)34-26(36)32-16-10-12-20(30)18(28)14-16/h1-14H,(H2,31,33,35)(H2,32,34,36). The second-order valence-electron chi connectivity index (χ2n) is 7.58. The zero-order chi connectivity index (χ0) is 27.1. The maximum absolute atomic E-state index is 13.4. The first kappa shape index (κ1) is 27.6. The van der Waals surface area contributed by atoms with Gasteiger partial charge in [-0.05, 0) is 60.7 Å².